The first-order valence-corrected chi connectivity index (χ1v) is 12.1. The summed E-state index contributed by atoms with van der Waals surface area (Å²) in [7, 11) is 0. The second-order valence-electron chi connectivity index (χ2n) is 9.22. The molecular formula is C28H26F3N3O3. The van der Waals surface area contributed by atoms with Gasteiger partial charge in [-0.25, -0.2) is 13.2 Å². The molecule has 1 amide bonds. The number of nitrogens with one attached hydrogen (secondary N) is 1. The van der Waals surface area contributed by atoms with E-state index in [-0.39, 0.29) is 42.6 Å². The number of hydrogen-bond acceptors (Lipinski definition) is 4. The molecule has 3 aromatic rings. The van der Waals surface area contributed by atoms with E-state index in [1.165, 1.54) is 12.3 Å². The summed E-state index contributed by atoms with van der Waals surface area (Å²) in [6.07, 6.45) is 5.86. The van der Waals surface area contributed by atoms with E-state index in [4.69, 9.17) is 4.74 Å². The van der Waals surface area contributed by atoms with Gasteiger partial charge in [-0.3, -0.25) is 14.5 Å². The van der Waals surface area contributed by atoms with Crippen LogP contribution in [-0.4, -0.2) is 34.6 Å². The number of fused-ring (bicyclic) bond motifs is 4. The lowest BCUT2D eigenvalue weighted by molar-refractivity contribution is 0.0945. The predicted molar refractivity (Wildman–Crippen MR) is 132 cm³/mol. The van der Waals surface area contributed by atoms with Crippen LogP contribution in [0.2, 0.25) is 0 Å². The fraction of sp³-hybridized carbons (Fsp3) is 0.286. The maximum Gasteiger partial charge on any atom is 0.257 e. The summed E-state index contributed by atoms with van der Waals surface area (Å²) < 4.78 is 48.9. The number of hydrogen-bond donors (Lipinski definition) is 1. The van der Waals surface area contributed by atoms with E-state index in [9.17, 15) is 22.8 Å². The molecule has 0 fully saturated rings. The van der Waals surface area contributed by atoms with Crippen molar-refractivity contribution in [2.75, 3.05) is 13.2 Å². The molecule has 2 bridgehead atoms. The van der Waals surface area contributed by atoms with Gasteiger partial charge in [-0.05, 0) is 18.1 Å². The monoisotopic (exact) mass is 509 g/mol. The highest BCUT2D eigenvalue weighted by Crippen LogP contribution is 2.33. The van der Waals surface area contributed by atoms with Gasteiger partial charge >= 0.3 is 0 Å². The number of nitrogens with zero attached hydrogens (tertiary/aromatic N) is 2. The molecule has 0 aliphatic carbocycles. The summed E-state index contributed by atoms with van der Waals surface area (Å²) in [6.45, 7) is 0.192. The number of alkyl halides is 1. The summed E-state index contributed by atoms with van der Waals surface area (Å²) in [5.74, 6) is -2.16. The van der Waals surface area contributed by atoms with Crippen LogP contribution in [0, 0.1) is 11.6 Å². The zero-order valence-corrected chi connectivity index (χ0v) is 20.0. The normalized spacial score (nSPS) is 20.1. The van der Waals surface area contributed by atoms with Crippen molar-refractivity contribution < 1.29 is 22.7 Å². The van der Waals surface area contributed by atoms with Gasteiger partial charge < -0.3 is 14.6 Å². The summed E-state index contributed by atoms with van der Waals surface area (Å²) in [6, 6.07) is 11.9. The first-order valence-electron chi connectivity index (χ1n) is 12.1. The molecule has 6 nitrogen and oxygen atoms in total. The molecule has 3 atom stereocenters. The van der Waals surface area contributed by atoms with Crippen LogP contribution in [0.5, 0.6) is 5.75 Å². The molecule has 2 aliphatic rings. The van der Waals surface area contributed by atoms with E-state index >= 15 is 0 Å². The Morgan fingerprint density at radius 1 is 1.14 bits per heavy atom. The molecule has 5 rings (SSSR count). The molecule has 3 heterocycles. The van der Waals surface area contributed by atoms with Gasteiger partial charge in [0.05, 0.1) is 11.7 Å². The highest BCUT2D eigenvalue weighted by Gasteiger charge is 2.34. The number of aromatic nitrogens is 1. The first-order chi connectivity index (χ1) is 17.9. The van der Waals surface area contributed by atoms with Crippen LogP contribution in [0.25, 0.3) is 0 Å². The first kappa shape index (κ1) is 24.8. The Labute approximate surface area is 212 Å². The number of ether oxygens (including phenoxy) is 1. The minimum absolute atomic E-state index is 0.0404. The fourth-order valence-corrected chi connectivity index (χ4v) is 4.82. The van der Waals surface area contributed by atoms with Crippen molar-refractivity contribution in [3.05, 3.63) is 111 Å². The number of rotatable bonds is 7. The lowest BCUT2D eigenvalue weighted by Gasteiger charge is -2.38. The molecule has 9 heteroatoms. The SMILES string of the molecule is O=C(NCc1ccc(F)cc1F)c1cn2c(c(OCc3ccccc3)c1=O)CN1C[C@@H]2CC=C[C@@H]1CF. The quantitative estimate of drug-likeness (QED) is 0.483. The van der Waals surface area contributed by atoms with Crippen LogP contribution >= 0.6 is 0 Å². The molecule has 0 saturated heterocycles. The Kier molecular flexibility index (Phi) is 7.14. The van der Waals surface area contributed by atoms with Gasteiger partial charge in [-0.1, -0.05) is 48.6 Å². The van der Waals surface area contributed by atoms with Crippen LogP contribution in [0.3, 0.4) is 0 Å². The van der Waals surface area contributed by atoms with Crippen LogP contribution in [0.4, 0.5) is 13.2 Å². The molecule has 192 valence electrons. The number of pyridine rings is 1. The molecule has 0 spiro atoms. The number of carbonyl (C=O) groups is 1. The molecule has 1 N–H and O–H groups in total. The Hall–Kier alpha value is -3.85. The zero-order valence-electron chi connectivity index (χ0n) is 20.0. The Balaban J connectivity index is 1.50. The van der Waals surface area contributed by atoms with Crippen molar-refractivity contribution in [2.24, 2.45) is 0 Å². The van der Waals surface area contributed by atoms with E-state index in [0.717, 1.165) is 17.7 Å². The van der Waals surface area contributed by atoms with Crippen LogP contribution in [0.15, 0.2) is 71.7 Å². The molecule has 0 saturated carbocycles. The maximum absolute atomic E-state index is 14.1. The van der Waals surface area contributed by atoms with Crippen molar-refractivity contribution in [1.29, 1.82) is 0 Å². The third-order valence-corrected chi connectivity index (χ3v) is 6.80. The molecule has 37 heavy (non-hydrogen) atoms. The summed E-state index contributed by atoms with van der Waals surface area (Å²) in [4.78, 5) is 28.6. The van der Waals surface area contributed by atoms with Crippen LogP contribution < -0.4 is 15.5 Å². The van der Waals surface area contributed by atoms with Gasteiger partial charge in [0.15, 0.2) is 5.75 Å². The molecule has 2 aliphatic heterocycles. The summed E-state index contributed by atoms with van der Waals surface area (Å²) in [5.41, 5.74) is 0.789. The Bertz CT molecular complexity index is 1390. The average Bonchev–Trinajstić information content (AvgIpc) is 3.06. The van der Waals surface area contributed by atoms with E-state index < -0.39 is 35.7 Å². The molecule has 1 unspecified atom stereocenters. The molecular weight excluding hydrogens is 483 g/mol. The third-order valence-electron chi connectivity index (χ3n) is 6.80. The largest absolute Gasteiger partial charge is 0.483 e. The van der Waals surface area contributed by atoms with Gasteiger partial charge in [0, 0.05) is 43.5 Å². The van der Waals surface area contributed by atoms with E-state index in [0.29, 0.717) is 18.7 Å². The molecule has 1 aromatic heterocycles. The average molecular weight is 510 g/mol. The van der Waals surface area contributed by atoms with Gasteiger partial charge in [0.25, 0.3) is 5.91 Å². The second-order valence-corrected chi connectivity index (χ2v) is 9.22. The van der Waals surface area contributed by atoms with Crippen LogP contribution in [-0.2, 0) is 19.7 Å². The van der Waals surface area contributed by atoms with Crippen molar-refractivity contribution >= 4 is 5.91 Å². The van der Waals surface area contributed by atoms with Gasteiger partial charge in [0.2, 0.25) is 5.43 Å². The lowest BCUT2D eigenvalue weighted by Crippen LogP contribution is -2.44. The summed E-state index contributed by atoms with van der Waals surface area (Å²) in [5, 5.41) is 2.56. The van der Waals surface area contributed by atoms with Crippen LogP contribution in [0.1, 0.15) is 39.6 Å². The number of allylic oxidation sites excluding steroid dienone is 1. The predicted octanol–water partition coefficient (Wildman–Crippen LogP) is 4.29. The van der Waals surface area contributed by atoms with Crippen molar-refractivity contribution in [2.45, 2.75) is 38.2 Å². The topological polar surface area (TPSA) is 63.6 Å². The number of benzene rings is 2. The number of halogens is 3. The fourth-order valence-electron chi connectivity index (χ4n) is 4.82. The van der Waals surface area contributed by atoms with E-state index in [1.807, 2.05) is 52.0 Å². The zero-order chi connectivity index (χ0) is 25.9. The Morgan fingerprint density at radius 3 is 2.70 bits per heavy atom. The van der Waals surface area contributed by atoms with Crippen molar-refractivity contribution in [1.82, 2.24) is 14.8 Å². The highest BCUT2D eigenvalue weighted by atomic mass is 19.1. The third kappa shape index (κ3) is 5.17. The minimum Gasteiger partial charge on any atom is -0.483 e. The number of amides is 1. The van der Waals surface area contributed by atoms with Gasteiger partial charge in [-0.15, -0.1) is 0 Å². The molecule has 2 aromatic carbocycles. The van der Waals surface area contributed by atoms with Gasteiger partial charge in [0.1, 0.15) is 30.5 Å². The summed E-state index contributed by atoms with van der Waals surface area (Å²) >= 11 is 0. The highest BCUT2D eigenvalue weighted by molar-refractivity contribution is 5.94. The maximum atomic E-state index is 14.1. The Morgan fingerprint density at radius 2 is 1.95 bits per heavy atom. The van der Waals surface area contributed by atoms with Crippen molar-refractivity contribution in [3.8, 4) is 5.75 Å². The van der Waals surface area contributed by atoms with E-state index in [1.54, 1.807) is 0 Å². The molecule has 0 radical (unpaired) electrons. The van der Waals surface area contributed by atoms with E-state index in [2.05, 4.69) is 5.32 Å². The number of carbonyl (C=O) groups excluding carboxylic acids is 1. The lowest BCUT2D eigenvalue weighted by atomic mass is 10.1. The van der Waals surface area contributed by atoms with Crippen molar-refractivity contribution in [3.63, 3.8) is 0 Å². The van der Waals surface area contributed by atoms with Gasteiger partial charge in [-0.2, -0.15) is 0 Å². The minimum atomic E-state index is -0.790. The smallest absolute Gasteiger partial charge is 0.257 e. The second kappa shape index (κ2) is 10.6. The standard InChI is InChI=1S/C28H26F3N3O3/c29-12-21-7-4-8-22-14-33(21)16-25-27(37-17-18-5-2-1-3-6-18)26(35)23(15-34(22)25)28(36)32-13-19-9-10-20(30)11-24(19)31/h1-7,9-11,15,21-22H,8,12-14,16-17H2,(H,32,36)/t21-,22+/m1/s1.